The molecule has 4 fully saturated rings. The van der Waals surface area contributed by atoms with Crippen molar-refractivity contribution in [3.05, 3.63) is 55.1 Å². The number of carbonyl (C=O) groups excluding carboxylic acids is 1. The van der Waals surface area contributed by atoms with Crippen LogP contribution in [0.4, 0.5) is 0 Å². The second-order valence-corrected chi connectivity index (χ2v) is 13.0. The molecule has 4 aliphatic carbocycles. The van der Waals surface area contributed by atoms with E-state index >= 15 is 0 Å². The SMILES string of the molecule is CCOC(=O)c1sc(C23CCC(COCc4c(-c5c(Cl)cccc5Cl)noc4C4CC4)(CC2)CC3)nc1C. The second kappa shape index (κ2) is 10.2. The van der Waals surface area contributed by atoms with Crippen molar-refractivity contribution < 1.29 is 18.8 Å². The molecule has 1 aromatic carbocycles. The third-order valence-electron chi connectivity index (χ3n) is 8.73. The van der Waals surface area contributed by atoms with Crippen LogP contribution >= 0.6 is 34.5 Å². The number of aromatic nitrogens is 2. The van der Waals surface area contributed by atoms with Crippen molar-refractivity contribution in [1.29, 1.82) is 0 Å². The molecule has 7 rings (SSSR count). The topological polar surface area (TPSA) is 74.5 Å². The number of carbonyl (C=O) groups is 1. The number of ether oxygens (including phenoxy) is 2. The maximum Gasteiger partial charge on any atom is 0.350 e. The number of nitrogens with zero attached hydrogens (tertiary/aromatic N) is 2. The van der Waals surface area contributed by atoms with Gasteiger partial charge >= 0.3 is 5.97 Å². The molecule has 38 heavy (non-hydrogen) atoms. The maximum absolute atomic E-state index is 12.4. The van der Waals surface area contributed by atoms with Crippen LogP contribution in [0.15, 0.2) is 22.7 Å². The molecule has 2 bridgehead atoms. The first-order chi connectivity index (χ1) is 18.3. The number of esters is 1. The fourth-order valence-corrected chi connectivity index (χ4v) is 8.04. The Bertz CT molecular complexity index is 1320. The van der Waals surface area contributed by atoms with Crippen molar-refractivity contribution in [2.24, 2.45) is 5.41 Å². The van der Waals surface area contributed by atoms with Crippen LogP contribution in [0, 0.1) is 12.3 Å². The summed E-state index contributed by atoms with van der Waals surface area (Å²) >= 11 is 14.6. The van der Waals surface area contributed by atoms with Crippen molar-refractivity contribution in [1.82, 2.24) is 10.1 Å². The van der Waals surface area contributed by atoms with Crippen molar-refractivity contribution in [2.45, 2.75) is 83.2 Å². The molecule has 9 heteroatoms. The molecule has 0 saturated heterocycles. The van der Waals surface area contributed by atoms with Crippen molar-refractivity contribution in [2.75, 3.05) is 13.2 Å². The molecular weight excluding hydrogens is 543 g/mol. The van der Waals surface area contributed by atoms with Crippen molar-refractivity contribution >= 4 is 40.5 Å². The van der Waals surface area contributed by atoms with Crippen LogP contribution in [-0.4, -0.2) is 29.3 Å². The number of rotatable bonds is 9. The Morgan fingerprint density at radius 3 is 2.45 bits per heavy atom. The Morgan fingerprint density at radius 1 is 1.13 bits per heavy atom. The van der Waals surface area contributed by atoms with Gasteiger partial charge in [0.25, 0.3) is 0 Å². The van der Waals surface area contributed by atoms with E-state index in [1.165, 1.54) is 11.3 Å². The molecule has 4 saturated carbocycles. The van der Waals surface area contributed by atoms with E-state index in [2.05, 4.69) is 5.16 Å². The predicted octanol–water partition coefficient (Wildman–Crippen LogP) is 8.28. The first-order valence-electron chi connectivity index (χ1n) is 13.5. The largest absolute Gasteiger partial charge is 0.462 e. The van der Waals surface area contributed by atoms with Crippen molar-refractivity contribution in [3.8, 4) is 11.3 Å². The number of aryl methyl sites for hydroxylation is 1. The summed E-state index contributed by atoms with van der Waals surface area (Å²) in [6, 6.07) is 5.49. The van der Waals surface area contributed by atoms with Crippen LogP contribution in [-0.2, 0) is 21.5 Å². The normalized spacial score (nSPS) is 24.6. The van der Waals surface area contributed by atoms with Gasteiger partial charge in [-0.05, 0) is 82.8 Å². The monoisotopic (exact) mass is 574 g/mol. The number of benzene rings is 1. The zero-order valence-electron chi connectivity index (χ0n) is 21.8. The van der Waals surface area contributed by atoms with Gasteiger partial charge in [0.05, 0.1) is 40.6 Å². The van der Waals surface area contributed by atoms with Gasteiger partial charge in [0.15, 0.2) is 0 Å². The fourth-order valence-electron chi connectivity index (χ4n) is 6.23. The number of hydrogen-bond acceptors (Lipinski definition) is 7. The van der Waals surface area contributed by atoms with Gasteiger partial charge in [0.1, 0.15) is 16.3 Å². The molecule has 202 valence electrons. The lowest BCUT2D eigenvalue weighted by Crippen LogP contribution is -2.46. The first-order valence-corrected chi connectivity index (χ1v) is 15.1. The highest BCUT2D eigenvalue weighted by Crippen LogP contribution is 2.58. The van der Waals surface area contributed by atoms with E-state index in [4.69, 9.17) is 42.2 Å². The summed E-state index contributed by atoms with van der Waals surface area (Å²) < 4.78 is 17.5. The smallest absolute Gasteiger partial charge is 0.350 e. The molecule has 0 unspecified atom stereocenters. The van der Waals surface area contributed by atoms with Gasteiger partial charge in [0.2, 0.25) is 0 Å². The molecular formula is C29H32Cl2N2O4S. The van der Waals surface area contributed by atoms with Gasteiger partial charge in [-0.1, -0.05) is 34.4 Å². The van der Waals surface area contributed by atoms with Gasteiger partial charge in [-0.2, -0.15) is 0 Å². The molecule has 4 aliphatic rings. The molecule has 0 radical (unpaired) electrons. The highest BCUT2D eigenvalue weighted by Gasteiger charge is 2.51. The highest BCUT2D eigenvalue weighted by atomic mass is 35.5. The second-order valence-electron chi connectivity index (χ2n) is 11.2. The standard InChI is InChI=1S/C29H32Cl2N2O4S/c1-3-36-26(34)25-17(2)32-27(38-25)29-12-9-28(10-13-29,11-14-29)16-35-15-19-23(33-37-24(19)18-7-8-18)22-20(30)5-4-6-21(22)31/h4-6,18H,3,7-16H2,1-2H3. The predicted molar refractivity (Wildman–Crippen MR) is 148 cm³/mol. The molecule has 6 nitrogen and oxygen atoms in total. The summed E-state index contributed by atoms with van der Waals surface area (Å²) in [5.41, 5.74) is 3.43. The molecule has 0 N–H and O–H groups in total. The van der Waals surface area contributed by atoms with Gasteiger partial charge in [0, 0.05) is 22.5 Å². The molecule has 2 aromatic heterocycles. The minimum Gasteiger partial charge on any atom is -0.462 e. The fraction of sp³-hybridized carbons (Fsp3) is 0.552. The van der Waals surface area contributed by atoms with Crippen LogP contribution in [0.1, 0.15) is 95.9 Å². The lowest BCUT2D eigenvalue weighted by atomic mass is 9.54. The van der Waals surface area contributed by atoms with Gasteiger partial charge in [-0.25, -0.2) is 9.78 Å². The summed E-state index contributed by atoms with van der Waals surface area (Å²) in [7, 11) is 0. The number of halogens is 2. The first kappa shape index (κ1) is 26.3. The summed E-state index contributed by atoms with van der Waals surface area (Å²) in [6.45, 7) is 5.27. The molecule has 0 spiro atoms. The van der Waals surface area contributed by atoms with Gasteiger partial charge in [-0.15, -0.1) is 11.3 Å². The molecule has 0 amide bonds. The van der Waals surface area contributed by atoms with E-state index in [9.17, 15) is 4.79 Å². The summed E-state index contributed by atoms with van der Waals surface area (Å²) in [5.74, 6) is 1.06. The minimum absolute atomic E-state index is 0.0729. The average Bonchev–Trinajstić information content (AvgIpc) is 3.56. The van der Waals surface area contributed by atoms with Crippen LogP contribution in [0.2, 0.25) is 10.0 Å². The van der Waals surface area contributed by atoms with Crippen molar-refractivity contribution in [3.63, 3.8) is 0 Å². The quantitative estimate of drug-likeness (QED) is 0.239. The van der Waals surface area contributed by atoms with E-state index in [-0.39, 0.29) is 16.8 Å². The third kappa shape index (κ3) is 4.70. The van der Waals surface area contributed by atoms with Crippen LogP contribution < -0.4 is 0 Å². The zero-order chi connectivity index (χ0) is 26.5. The Kier molecular flexibility index (Phi) is 7.08. The molecule has 2 heterocycles. The lowest BCUT2D eigenvalue weighted by molar-refractivity contribution is -0.0434. The Labute approximate surface area is 237 Å². The summed E-state index contributed by atoms with van der Waals surface area (Å²) in [5, 5.41) is 6.62. The van der Waals surface area contributed by atoms with Crippen LogP contribution in [0.25, 0.3) is 11.3 Å². The Morgan fingerprint density at radius 2 is 1.82 bits per heavy atom. The minimum atomic E-state index is -0.253. The van der Waals surface area contributed by atoms with Gasteiger partial charge < -0.3 is 14.0 Å². The molecule has 3 aromatic rings. The lowest BCUT2D eigenvalue weighted by Gasteiger charge is -2.52. The van der Waals surface area contributed by atoms with Gasteiger partial charge in [-0.3, -0.25) is 0 Å². The Balaban J connectivity index is 1.14. The van der Waals surface area contributed by atoms with Crippen LogP contribution in [0.3, 0.4) is 0 Å². The maximum atomic E-state index is 12.4. The highest BCUT2D eigenvalue weighted by molar-refractivity contribution is 7.13. The third-order valence-corrected chi connectivity index (χ3v) is 10.7. The van der Waals surface area contributed by atoms with E-state index in [1.807, 2.05) is 32.0 Å². The summed E-state index contributed by atoms with van der Waals surface area (Å²) in [4.78, 5) is 17.9. The van der Waals surface area contributed by atoms with E-state index in [0.717, 1.165) is 73.4 Å². The van der Waals surface area contributed by atoms with E-state index in [0.29, 0.717) is 51.9 Å². The zero-order valence-corrected chi connectivity index (χ0v) is 24.1. The molecule has 0 aliphatic heterocycles. The molecule has 0 atom stereocenters. The van der Waals surface area contributed by atoms with E-state index < -0.39 is 0 Å². The Hall–Kier alpha value is -1.93. The number of thiazole rings is 1. The van der Waals surface area contributed by atoms with Crippen LogP contribution in [0.5, 0.6) is 0 Å². The summed E-state index contributed by atoms with van der Waals surface area (Å²) in [6.07, 6.45) is 8.75. The number of fused-ring (bicyclic) bond motifs is 3. The average molecular weight is 576 g/mol. The van der Waals surface area contributed by atoms with E-state index in [1.54, 1.807) is 0 Å². The number of hydrogen-bond donors (Lipinski definition) is 0.